The van der Waals surface area contributed by atoms with Crippen molar-refractivity contribution in [2.24, 2.45) is 0 Å². The standard InChI is InChI=1S/C33H33N11S/c34-31-28-32(36-22-35-28)43(23-37-31)20-27-21-44(40-39-27)30(25-12-6-2-7-13-25)29(24-10-4-1-5-11-24)41-16-18-42(19-17-41)33(45)38-26-14-8-3-9-15-26/h1-15,21-23,29-30,34H,16-20H2,(H,35,36)(H,38,45)/t29-,30+/m0/s1. The van der Waals surface area contributed by atoms with Crippen LogP contribution in [0.1, 0.15) is 28.9 Å². The predicted molar refractivity (Wildman–Crippen MR) is 176 cm³/mol. The van der Waals surface area contributed by atoms with Crippen LogP contribution in [-0.4, -0.2) is 75.6 Å². The van der Waals surface area contributed by atoms with E-state index >= 15 is 0 Å². The van der Waals surface area contributed by atoms with E-state index in [0.29, 0.717) is 17.7 Å². The highest BCUT2D eigenvalue weighted by molar-refractivity contribution is 7.80. The number of aromatic amines is 1. The Morgan fingerprint density at radius 3 is 2.18 bits per heavy atom. The van der Waals surface area contributed by atoms with Crippen molar-refractivity contribution in [3.8, 4) is 0 Å². The molecule has 1 aliphatic heterocycles. The van der Waals surface area contributed by atoms with Gasteiger partial charge in [0.2, 0.25) is 0 Å². The number of thiocarbonyl (C=S) groups is 1. The average Bonchev–Trinajstić information content (AvgIpc) is 3.77. The van der Waals surface area contributed by atoms with Crippen LogP contribution in [0, 0.1) is 5.41 Å². The van der Waals surface area contributed by atoms with Crippen LogP contribution in [0.3, 0.4) is 0 Å². The number of H-pyrrole nitrogens is 1. The number of rotatable bonds is 8. The molecule has 12 heteroatoms. The number of nitrogens with zero attached hydrogens (tertiary/aromatic N) is 8. The highest BCUT2D eigenvalue weighted by atomic mass is 32.1. The van der Waals surface area contributed by atoms with Gasteiger partial charge in [-0.05, 0) is 35.5 Å². The Morgan fingerprint density at radius 2 is 1.49 bits per heavy atom. The highest BCUT2D eigenvalue weighted by Gasteiger charge is 2.35. The number of nitrogens with one attached hydrogen (secondary N) is 3. The predicted octanol–water partition coefficient (Wildman–Crippen LogP) is 4.22. The van der Waals surface area contributed by atoms with Gasteiger partial charge in [-0.15, -0.1) is 5.10 Å². The van der Waals surface area contributed by atoms with Crippen LogP contribution in [0.4, 0.5) is 5.69 Å². The fourth-order valence-electron chi connectivity index (χ4n) is 6.04. The normalized spacial score (nSPS) is 15.2. The molecule has 0 amide bonds. The number of hydrogen-bond donors (Lipinski definition) is 3. The third-order valence-corrected chi connectivity index (χ3v) is 8.59. The van der Waals surface area contributed by atoms with Crippen LogP contribution in [0.2, 0.25) is 0 Å². The molecule has 3 aromatic carbocycles. The molecular weight excluding hydrogens is 583 g/mol. The van der Waals surface area contributed by atoms with E-state index in [1.54, 1.807) is 12.7 Å². The molecule has 45 heavy (non-hydrogen) atoms. The molecule has 1 aliphatic rings. The molecule has 7 rings (SSSR count). The van der Waals surface area contributed by atoms with Crippen LogP contribution >= 0.6 is 12.2 Å². The maximum atomic E-state index is 8.08. The van der Waals surface area contributed by atoms with Crippen molar-refractivity contribution < 1.29 is 0 Å². The van der Waals surface area contributed by atoms with Crippen LogP contribution in [0.15, 0.2) is 110 Å². The number of anilines is 1. The van der Waals surface area contributed by atoms with Gasteiger partial charge in [0.05, 0.1) is 37.5 Å². The first-order valence-electron chi connectivity index (χ1n) is 14.9. The number of para-hydroxylation sites is 1. The van der Waals surface area contributed by atoms with Crippen LogP contribution in [0.25, 0.3) is 11.2 Å². The van der Waals surface area contributed by atoms with Gasteiger partial charge in [-0.25, -0.2) is 14.6 Å². The first kappa shape index (κ1) is 28.6. The summed E-state index contributed by atoms with van der Waals surface area (Å²) in [5, 5.41) is 21.5. The van der Waals surface area contributed by atoms with Gasteiger partial charge in [-0.2, -0.15) is 0 Å². The highest BCUT2D eigenvalue weighted by Crippen LogP contribution is 2.37. The SMILES string of the molecule is N=c1ncn(Cc2cn([C@H](c3ccccc3)[C@H](c3ccccc3)N3CCN(C(=S)Nc4ccccc4)CC3)nn2)c2nc[nH]c12. The molecule has 3 N–H and O–H groups in total. The first-order valence-corrected chi connectivity index (χ1v) is 15.3. The molecule has 0 aliphatic carbocycles. The lowest BCUT2D eigenvalue weighted by atomic mass is 9.91. The Hall–Kier alpha value is -5.20. The number of imidazole rings is 1. The zero-order valence-corrected chi connectivity index (χ0v) is 25.4. The Kier molecular flexibility index (Phi) is 8.13. The summed E-state index contributed by atoms with van der Waals surface area (Å²) in [5.74, 6) is 0. The van der Waals surface area contributed by atoms with Gasteiger partial charge < -0.3 is 19.8 Å². The van der Waals surface area contributed by atoms with Crippen molar-refractivity contribution in [3.63, 3.8) is 0 Å². The van der Waals surface area contributed by atoms with E-state index in [1.165, 1.54) is 5.56 Å². The second-order valence-electron chi connectivity index (χ2n) is 11.0. The second kappa shape index (κ2) is 12.8. The quantitative estimate of drug-likeness (QED) is 0.218. The molecule has 11 nitrogen and oxygen atoms in total. The van der Waals surface area contributed by atoms with Gasteiger partial charge in [0.25, 0.3) is 0 Å². The first-order chi connectivity index (χ1) is 22.1. The zero-order valence-electron chi connectivity index (χ0n) is 24.6. The van der Waals surface area contributed by atoms with Crippen LogP contribution in [0.5, 0.6) is 0 Å². The molecule has 6 aromatic rings. The molecule has 0 spiro atoms. The summed E-state index contributed by atoms with van der Waals surface area (Å²) in [4.78, 5) is 16.4. The maximum absolute atomic E-state index is 8.08. The van der Waals surface area contributed by atoms with Crippen molar-refractivity contribution in [2.45, 2.75) is 18.6 Å². The number of fused-ring (bicyclic) bond motifs is 1. The maximum Gasteiger partial charge on any atom is 0.173 e. The molecule has 0 unspecified atom stereocenters. The third-order valence-electron chi connectivity index (χ3n) is 8.23. The average molecular weight is 616 g/mol. The molecule has 0 bridgehead atoms. The van der Waals surface area contributed by atoms with E-state index in [2.05, 4.69) is 89.8 Å². The van der Waals surface area contributed by atoms with Gasteiger partial charge >= 0.3 is 0 Å². The smallest absolute Gasteiger partial charge is 0.173 e. The molecule has 226 valence electrons. The van der Waals surface area contributed by atoms with Crippen LogP contribution < -0.4 is 10.8 Å². The van der Waals surface area contributed by atoms with Crippen molar-refractivity contribution in [3.05, 3.63) is 132 Å². The Bertz CT molecular complexity index is 1930. The van der Waals surface area contributed by atoms with E-state index in [0.717, 1.165) is 48.2 Å². The van der Waals surface area contributed by atoms with Crippen molar-refractivity contribution in [1.29, 1.82) is 5.41 Å². The number of hydrogen-bond acceptors (Lipinski definition) is 7. The van der Waals surface area contributed by atoms with E-state index in [1.807, 2.05) is 51.8 Å². The Morgan fingerprint density at radius 1 is 0.844 bits per heavy atom. The fourth-order valence-corrected chi connectivity index (χ4v) is 6.34. The summed E-state index contributed by atoms with van der Waals surface area (Å²) in [6.07, 6.45) is 5.23. The van der Waals surface area contributed by atoms with Crippen molar-refractivity contribution in [1.82, 2.24) is 44.3 Å². The minimum atomic E-state index is -0.139. The summed E-state index contributed by atoms with van der Waals surface area (Å²) < 4.78 is 3.88. The molecule has 3 aromatic heterocycles. The number of benzene rings is 3. The largest absolute Gasteiger partial charge is 0.346 e. The molecular formula is C33H33N11S. The molecule has 2 atom stereocenters. The summed E-state index contributed by atoms with van der Waals surface area (Å²) in [7, 11) is 0. The van der Waals surface area contributed by atoms with Crippen molar-refractivity contribution >= 4 is 34.2 Å². The summed E-state index contributed by atoms with van der Waals surface area (Å²) >= 11 is 5.80. The molecule has 0 saturated carbocycles. The lowest BCUT2D eigenvalue weighted by Crippen LogP contribution is -2.52. The number of aromatic nitrogens is 7. The minimum absolute atomic E-state index is 0.00378. The van der Waals surface area contributed by atoms with E-state index in [4.69, 9.17) is 22.8 Å². The van der Waals surface area contributed by atoms with Crippen molar-refractivity contribution in [2.75, 3.05) is 31.5 Å². The summed E-state index contributed by atoms with van der Waals surface area (Å²) in [6, 6.07) is 31.1. The Labute approximate surface area is 265 Å². The molecule has 0 radical (unpaired) electrons. The number of piperazine rings is 1. The molecule has 1 saturated heterocycles. The van der Waals surface area contributed by atoms with Gasteiger partial charge in [0, 0.05) is 31.9 Å². The lowest BCUT2D eigenvalue weighted by molar-refractivity contribution is 0.104. The molecule has 4 heterocycles. The van der Waals surface area contributed by atoms with Gasteiger partial charge in [-0.1, -0.05) is 84.1 Å². The third kappa shape index (κ3) is 6.10. The monoisotopic (exact) mass is 615 g/mol. The topological polar surface area (TPSA) is 120 Å². The van der Waals surface area contributed by atoms with Gasteiger partial charge in [0.15, 0.2) is 16.2 Å². The van der Waals surface area contributed by atoms with Gasteiger partial charge in [0.1, 0.15) is 11.2 Å². The fraction of sp³-hybridized carbons (Fsp3) is 0.212. The minimum Gasteiger partial charge on any atom is -0.346 e. The lowest BCUT2D eigenvalue weighted by Gasteiger charge is -2.43. The summed E-state index contributed by atoms with van der Waals surface area (Å²) in [6.45, 7) is 3.71. The Balaban J connectivity index is 1.19. The second-order valence-corrected chi connectivity index (χ2v) is 11.4. The summed E-state index contributed by atoms with van der Waals surface area (Å²) in [5.41, 5.74) is 5.54. The van der Waals surface area contributed by atoms with E-state index in [-0.39, 0.29) is 17.6 Å². The van der Waals surface area contributed by atoms with E-state index in [9.17, 15) is 0 Å². The van der Waals surface area contributed by atoms with E-state index < -0.39 is 0 Å². The molecule has 1 fully saturated rings. The zero-order chi connectivity index (χ0) is 30.6. The van der Waals surface area contributed by atoms with Gasteiger partial charge in [-0.3, -0.25) is 10.3 Å². The van der Waals surface area contributed by atoms with Crippen LogP contribution in [-0.2, 0) is 6.54 Å².